The number of nitriles is 1. The summed E-state index contributed by atoms with van der Waals surface area (Å²) in [5.41, 5.74) is 2.68. The van der Waals surface area contributed by atoms with Crippen LogP contribution in [-0.4, -0.2) is 4.98 Å². The molecule has 0 aliphatic rings. The molecule has 0 unspecified atom stereocenters. The van der Waals surface area contributed by atoms with Gasteiger partial charge in [0.1, 0.15) is 11.0 Å². The molecular weight excluding hydrogens is 214 g/mol. The Morgan fingerprint density at radius 3 is 2.65 bits per heavy atom. The van der Waals surface area contributed by atoms with Crippen LogP contribution in [-0.2, 0) is 0 Å². The zero-order valence-corrected chi connectivity index (χ0v) is 8.79. The molecule has 0 fully saturated rings. The minimum Gasteiger partial charge on any atom is -0.618 e. The fraction of sp³-hybridized carbons (Fsp3) is 0. The molecule has 3 rings (SSSR count). The fourth-order valence-corrected chi connectivity index (χ4v) is 1.84. The number of hydrogen-bond donors (Lipinski definition) is 0. The molecule has 0 saturated carbocycles. The lowest BCUT2D eigenvalue weighted by molar-refractivity contribution is -0.548. The minimum atomic E-state index is 0.475. The van der Waals surface area contributed by atoms with Gasteiger partial charge in [0, 0.05) is 12.1 Å². The predicted molar refractivity (Wildman–Crippen MR) is 62.9 cm³/mol. The maximum atomic E-state index is 12.1. The minimum absolute atomic E-state index is 0.475. The van der Waals surface area contributed by atoms with Crippen LogP contribution in [0.15, 0.2) is 42.5 Å². The van der Waals surface area contributed by atoms with Crippen LogP contribution < -0.4 is 4.73 Å². The Kier molecular flexibility index (Phi) is 1.92. The zero-order chi connectivity index (χ0) is 11.8. The Labute approximate surface area is 96.9 Å². The molecule has 0 spiro atoms. The highest BCUT2D eigenvalue weighted by Gasteiger charge is 2.11. The van der Waals surface area contributed by atoms with E-state index in [4.69, 9.17) is 5.26 Å². The van der Waals surface area contributed by atoms with Gasteiger partial charge in [-0.05, 0) is 18.2 Å². The van der Waals surface area contributed by atoms with Crippen molar-refractivity contribution >= 4 is 22.1 Å². The van der Waals surface area contributed by atoms with E-state index in [1.54, 1.807) is 36.4 Å². The van der Waals surface area contributed by atoms with Crippen LogP contribution in [0.2, 0.25) is 0 Å². The number of nitrogens with zero attached hydrogens (tertiary/aromatic N) is 3. The molecular formula is C13H7N3O. The van der Waals surface area contributed by atoms with Gasteiger partial charge < -0.3 is 5.21 Å². The first-order chi connectivity index (χ1) is 8.29. The Bertz CT molecular complexity index is 775. The van der Waals surface area contributed by atoms with E-state index in [0.717, 1.165) is 4.73 Å². The van der Waals surface area contributed by atoms with Crippen molar-refractivity contribution in [3.8, 4) is 6.07 Å². The summed E-state index contributed by atoms with van der Waals surface area (Å²) in [4.78, 5) is 4.38. The third-order valence-corrected chi connectivity index (χ3v) is 2.66. The van der Waals surface area contributed by atoms with E-state index < -0.39 is 0 Å². The third-order valence-electron chi connectivity index (χ3n) is 2.66. The van der Waals surface area contributed by atoms with Crippen molar-refractivity contribution in [2.24, 2.45) is 0 Å². The molecule has 3 aromatic rings. The lowest BCUT2D eigenvalue weighted by Crippen LogP contribution is -2.28. The van der Waals surface area contributed by atoms with Gasteiger partial charge in [0.05, 0.1) is 11.6 Å². The molecule has 0 atom stereocenters. The Morgan fingerprint density at radius 1 is 1.06 bits per heavy atom. The summed E-state index contributed by atoms with van der Waals surface area (Å²) in [7, 11) is 0. The summed E-state index contributed by atoms with van der Waals surface area (Å²) in [5.74, 6) is 0. The van der Waals surface area contributed by atoms with E-state index >= 15 is 0 Å². The van der Waals surface area contributed by atoms with Crippen molar-refractivity contribution in [3.63, 3.8) is 0 Å². The molecule has 0 saturated heterocycles. The molecule has 80 valence electrons. The van der Waals surface area contributed by atoms with Crippen LogP contribution in [0.1, 0.15) is 5.56 Å². The standard InChI is InChI=1S/C13H7N3O/c14-8-9-5-6-13-11(7-9)15-10-3-1-2-4-12(10)16(13)17/h1-7H. The van der Waals surface area contributed by atoms with Crippen LogP contribution >= 0.6 is 0 Å². The zero-order valence-electron chi connectivity index (χ0n) is 8.79. The summed E-state index contributed by atoms with van der Waals surface area (Å²) >= 11 is 0. The molecule has 0 radical (unpaired) electrons. The molecule has 4 heteroatoms. The monoisotopic (exact) mass is 221 g/mol. The van der Waals surface area contributed by atoms with Crippen molar-refractivity contribution < 1.29 is 4.73 Å². The van der Waals surface area contributed by atoms with Crippen LogP contribution in [0.3, 0.4) is 0 Å². The summed E-state index contributed by atoms with van der Waals surface area (Å²) in [5, 5.41) is 20.9. The van der Waals surface area contributed by atoms with Crippen LogP contribution in [0.4, 0.5) is 0 Å². The van der Waals surface area contributed by atoms with Crippen LogP contribution in [0.25, 0.3) is 22.1 Å². The van der Waals surface area contributed by atoms with Gasteiger partial charge >= 0.3 is 0 Å². The fourth-order valence-electron chi connectivity index (χ4n) is 1.84. The lowest BCUT2D eigenvalue weighted by Gasteiger charge is -2.04. The largest absolute Gasteiger partial charge is 0.618 e. The Morgan fingerprint density at radius 2 is 1.82 bits per heavy atom. The molecule has 0 N–H and O–H groups in total. The van der Waals surface area contributed by atoms with E-state index in [1.807, 2.05) is 12.1 Å². The van der Waals surface area contributed by atoms with Crippen LogP contribution in [0.5, 0.6) is 0 Å². The number of fused-ring (bicyclic) bond motifs is 2. The van der Waals surface area contributed by atoms with E-state index in [2.05, 4.69) is 4.98 Å². The quantitative estimate of drug-likeness (QED) is 0.331. The van der Waals surface area contributed by atoms with Crippen LogP contribution in [0, 0.1) is 16.5 Å². The number of para-hydroxylation sites is 2. The van der Waals surface area contributed by atoms with Gasteiger partial charge in [0.25, 0.3) is 0 Å². The van der Waals surface area contributed by atoms with Crippen molar-refractivity contribution in [2.75, 3.05) is 0 Å². The third kappa shape index (κ3) is 1.37. The van der Waals surface area contributed by atoms with Crippen molar-refractivity contribution in [1.82, 2.24) is 4.98 Å². The smallest absolute Gasteiger partial charge is 0.243 e. The summed E-state index contributed by atoms with van der Waals surface area (Å²) in [6.45, 7) is 0. The summed E-state index contributed by atoms with van der Waals surface area (Å²) in [6.07, 6.45) is 0. The first-order valence-corrected chi connectivity index (χ1v) is 5.12. The van der Waals surface area contributed by atoms with Gasteiger partial charge in [-0.2, -0.15) is 9.99 Å². The summed E-state index contributed by atoms with van der Waals surface area (Å²) < 4.78 is 0.846. The van der Waals surface area contributed by atoms with E-state index in [1.165, 1.54) is 0 Å². The van der Waals surface area contributed by atoms with Crippen molar-refractivity contribution in [3.05, 3.63) is 53.2 Å². The molecule has 0 aliphatic heterocycles. The first kappa shape index (κ1) is 9.55. The lowest BCUT2D eigenvalue weighted by atomic mass is 10.2. The summed E-state index contributed by atoms with van der Waals surface area (Å²) in [6, 6.07) is 14.0. The van der Waals surface area contributed by atoms with Gasteiger partial charge in [0.2, 0.25) is 11.0 Å². The average Bonchev–Trinajstić information content (AvgIpc) is 2.38. The molecule has 0 aliphatic carbocycles. The van der Waals surface area contributed by atoms with Gasteiger partial charge in [-0.25, -0.2) is 4.98 Å². The van der Waals surface area contributed by atoms with Crippen molar-refractivity contribution in [2.45, 2.75) is 0 Å². The molecule has 0 bridgehead atoms. The second kappa shape index (κ2) is 3.42. The average molecular weight is 221 g/mol. The second-order valence-corrected chi connectivity index (χ2v) is 3.71. The molecule has 1 heterocycles. The highest BCUT2D eigenvalue weighted by atomic mass is 16.5. The predicted octanol–water partition coefficient (Wildman–Crippen LogP) is 1.89. The number of rotatable bonds is 0. The number of hydrogen-bond acceptors (Lipinski definition) is 3. The Hall–Kier alpha value is -2.67. The number of aromatic nitrogens is 2. The topological polar surface area (TPSA) is 63.6 Å². The maximum Gasteiger partial charge on any atom is 0.243 e. The number of benzene rings is 2. The highest BCUT2D eigenvalue weighted by molar-refractivity contribution is 5.82. The van der Waals surface area contributed by atoms with E-state index in [-0.39, 0.29) is 0 Å². The van der Waals surface area contributed by atoms with Crippen molar-refractivity contribution in [1.29, 1.82) is 5.26 Å². The van der Waals surface area contributed by atoms with Gasteiger partial charge in [-0.15, -0.1) is 0 Å². The van der Waals surface area contributed by atoms with E-state index in [0.29, 0.717) is 27.6 Å². The molecule has 2 aromatic carbocycles. The SMILES string of the molecule is N#Cc1ccc2c(c1)nc1ccccc1[n+]2[O-]. The van der Waals surface area contributed by atoms with E-state index in [9.17, 15) is 5.21 Å². The molecule has 0 amide bonds. The maximum absolute atomic E-state index is 12.1. The highest BCUT2D eigenvalue weighted by Crippen LogP contribution is 2.15. The van der Waals surface area contributed by atoms with Gasteiger partial charge in [0.15, 0.2) is 0 Å². The van der Waals surface area contributed by atoms with Gasteiger partial charge in [-0.1, -0.05) is 12.1 Å². The Balaban J connectivity index is 2.51. The first-order valence-electron chi connectivity index (χ1n) is 5.12. The van der Waals surface area contributed by atoms with Gasteiger partial charge in [-0.3, -0.25) is 0 Å². The molecule has 17 heavy (non-hydrogen) atoms. The second-order valence-electron chi connectivity index (χ2n) is 3.71. The molecule has 1 aromatic heterocycles. The molecule has 4 nitrogen and oxygen atoms in total. The normalized spacial score (nSPS) is 10.5.